The minimum Gasteiger partial charge on any atom is -0.206 e. The third kappa shape index (κ3) is 2.29. The van der Waals surface area contributed by atoms with E-state index < -0.39 is 11.6 Å². The van der Waals surface area contributed by atoms with Gasteiger partial charge in [0.25, 0.3) is 0 Å². The molecular formula is C13H6F2IN. The molecule has 0 amide bonds. The topological polar surface area (TPSA) is 23.8 Å². The quantitative estimate of drug-likeness (QED) is 0.717. The monoisotopic (exact) mass is 341 g/mol. The lowest BCUT2D eigenvalue weighted by Crippen LogP contribution is -1.93. The van der Waals surface area contributed by atoms with Crippen molar-refractivity contribution in [3.8, 4) is 17.2 Å². The summed E-state index contributed by atoms with van der Waals surface area (Å²) >= 11 is 2.01. The molecule has 84 valence electrons. The fourth-order valence-corrected chi connectivity index (χ4v) is 2.07. The van der Waals surface area contributed by atoms with E-state index in [9.17, 15) is 8.78 Å². The summed E-state index contributed by atoms with van der Waals surface area (Å²) in [5.74, 6) is -1.13. The maximum absolute atomic E-state index is 13.7. The Balaban J connectivity index is 2.77. The lowest BCUT2D eigenvalue weighted by Gasteiger charge is -2.07. The summed E-state index contributed by atoms with van der Waals surface area (Å²) in [4.78, 5) is 0. The standard InChI is InChI=1S/C13H6F2IN/c14-11-5-4-9(16)6-10(11)13-8(7-17)2-1-3-12(13)15/h1-6H. The molecule has 2 aromatic rings. The van der Waals surface area contributed by atoms with Crippen LogP contribution in [0.5, 0.6) is 0 Å². The van der Waals surface area contributed by atoms with E-state index in [0.29, 0.717) is 0 Å². The molecule has 0 aromatic heterocycles. The molecule has 17 heavy (non-hydrogen) atoms. The largest absolute Gasteiger partial charge is 0.206 e. The molecule has 0 unspecified atom stereocenters. The van der Waals surface area contributed by atoms with Gasteiger partial charge in [-0.25, -0.2) is 8.78 Å². The van der Waals surface area contributed by atoms with Gasteiger partial charge >= 0.3 is 0 Å². The molecule has 0 heterocycles. The Morgan fingerprint density at radius 3 is 2.53 bits per heavy atom. The van der Waals surface area contributed by atoms with E-state index in [1.165, 1.54) is 30.3 Å². The van der Waals surface area contributed by atoms with Crippen molar-refractivity contribution in [3.05, 3.63) is 57.2 Å². The first kappa shape index (κ1) is 12.0. The number of benzene rings is 2. The van der Waals surface area contributed by atoms with Gasteiger partial charge in [0.2, 0.25) is 0 Å². The van der Waals surface area contributed by atoms with Gasteiger partial charge in [0.05, 0.1) is 11.6 Å². The number of rotatable bonds is 1. The van der Waals surface area contributed by atoms with Crippen molar-refractivity contribution in [1.29, 1.82) is 5.26 Å². The van der Waals surface area contributed by atoms with Crippen molar-refractivity contribution >= 4 is 22.6 Å². The minimum atomic E-state index is -0.593. The summed E-state index contributed by atoms with van der Waals surface area (Å²) in [5, 5.41) is 8.92. The highest BCUT2D eigenvalue weighted by atomic mass is 127. The molecule has 0 aliphatic rings. The molecule has 0 N–H and O–H groups in total. The van der Waals surface area contributed by atoms with E-state index in [1.807, 2.05) is 28.7 Å². The van der Waals surface area contributed by atoms with Crippen LogP contribution in [0.3, 0.4) is 0 Å². The first-order chi connectivity index (χ1) is 8.13. The summed E-state index contributed by atoms with van der Waals surface area (Å²) in [6.45, 7) is 0. The Kier molecular flexibility index (Phi) is 3.38. The molecular weight excluding hydrogens is 335 g/mol. The SMILES string of the molecule is N#Cc1cccc(F)c1-c1cc(I)ccc1F. The van der Waals surface area contributed by atoms with Gasteiger partial charge in [-0.05, 0) is 52.9 Å². The van der Waals surface area contributed by atoms with E-state index in [1.54, 1.807) is 6.07 Å². The molecule has 0 saturated carbocycles. The van der Waals surface area contributed by atoms with Crippen LogP contribution in [-0.4, -0.2) is 0 Å². The van der Waals surface area contributed by atoms with Gasteiger partial charge in [-0.2, -0.15) is 5.26 Å². The predicted molar refractivity (Wildman–Crippen MR) is 69.2 cm³/mol. The van der Waals surface area contributed by atoms with E-state index in [4.69, 9.17) is 5.26 Å². The number of nitrogens with zero attached hydrogens (tertiary/aromatic N) is 1. The molecule has 0 radical (unpaired) electrons. The number of hydrogen-bond donors (Lipinski definition) is 0. The summed E-state index contributed by atoms with van der Waals surface area (Å²) < 4.78 is 28.2. The maximum atomic E-state index is 13.7. The fourth-order valence-electron chi connectivity index (χ4n) is 1.58. The van der Waals surface area contributed by atoms with Crippen molar-refractivity contribution in [2.45, 2.75) is 0 Å². The molecule has 0 spiro atoms. The fraction of sp³-hybridized carbons (Fsp3) is 0. The maximum Gasteiger partial charge on any atom is 0.132 e. The van der Waals surface area contributed by atoms with Crippen molar-refractivity contribution in [2.75, 3.05) is 0 Å². The van der Waals surface area contributed by atoms with Gasteiger partial charge in [-0.1, -0.05) is 6.07 Å². The molecule has 2 aromatic carbocycles. The van der Waals surface area contributed by atoms with Crippen molar-refractivity contribution in [2.24, 2.45) is 0 Å². The van der Waals surface area contributed by atoms with Crippen LogP contribution >= 0.6 is 22.6 Å². The normalized spacial score (nSPS) is 10.0. The molecule has 0 bridgehead atoms. The molecule has 0 aliphatic heterocycles. The Morgan fingerprint density at radius 2 is 1.82 bits per heavy atom. The molecule has 0 atom stereocenters. The molecule has 4 heteroatoms. The highest BCUT2D eigenvalue weighted by molar-refractivity contribution is 14.1. The Labute approximate surface area is 111 Å². The van der Waals surface area contributed by atoms with Gasteiger partial charge in [-0.15, -0.1) is 0 Å². The Hall–Kier alpha value is -1.48. The second-order valence-electron chi connectivity index (χ2n) is 3.40. The van der Waals surface area contributed by atoms with Crippen molar-refractivity contribution < 1.29 is 8.78 Å². The van der Waals surface area contributed by atoms with E-state index in [-0.39, 0.29) is 16.7 Å². The molecule has 0 aliphatic carbocycles. The van der Waals surface area contributed by atoms with Crippen LogP contribution in [0.4, 0.5) is 8.78 Å². The van der Waals surface area contributed by atoms with Gasteiger partial charge < -0.3 is 0 Å². The number of hydrogen-bond acceptors (Lipinski definition) is 1. The van der Waals surface area contributed by atoms with Gasteiger partial charge in [-0.3, -0.25) is 0 Å². The lowest BCUT2D eigenvalue weighted by atomic mass is 9.99. The lowest BCUT2D eigenvalue weighted by molar-refractivity contribution is 0.616. The average molecular weight is 341 g/mol. The van der Waals surface area contributed by atoms with Crippen LogP contribution in [0, 0.1) is 26.5 Å². The van der Waals surface area contributed by atoms with Crippen LogP contribution in [0.1, 0.15) is 5.56 Å². The van der Waals surface area contributed by atoms with Crippen molar-refractivity contribution in [3.63, 3.8) is 0 Å². The molecule has 1 nitrogen and oxygen atoms in total. The number of nitriles is 1. The smallest absolute Gasteiger partial charge is 0.132 e. The number of halogens is 3. The van der Waals surface area contributed by atoms with Gasteiger partial charge in [0.15, 0.2) is 0 Å². The van der Waals surface area contributed by atoms with E-state index in [0.717, 1.165) is 3.57 Å². The van der Waals surface area contributed by atoms with Crippen molar-refractivity contribution in [1.82, 2.24) is 0 Å². The van der Waals surface area contributed by atoms with E-state index >= 15 is 0 Å². The first-order valence-corrected chi connectivity index (χ1v) is 5.85. The van der Waals surface area contributed by atoms with Crippen LogP contribution in [0.2, 0.25) is 0 Å². The zero-order chi connectivity index (χ0) is 12.4. The Morgan fingerprint density at radius 1 is 1.06 bits per heavy atom. The highest BCUT2D eigenvalue weighted by Gasteiger charge is 2.14. The third-order valence-corrected chi connectivity index (χ3v) is 3.00. The van der Waals surface area contributed by atoms with Crippen LogP contribution in [-0.2, 0) is 0 Å². The van der Waals surface area contributed by atoms with E-state index in [2.05, 4.69) is 0 Å². The minimum absolute atomic E-state index is 0.0195. The Bertz CT molecular complexity index is 617. The first-order valence-electron chi connectivity index (χ1n) is 4.77. The summed E-state index contributed by atoms with van der Waals surface area (Å²) in [7, 11) is 0. The summed E-state index contributed by atoms with van der Waals surface area (Å²) in [5.41, 5.74) is 0.267. The summed E-state index contributed by atoms with van der Waals surface area (Å²) in [6.07, 6.45) is 0. The van der Waals surface area contributed by atoms with Crippen LogP contribution < -0.4 is 0 Å². The van der Waals surface area contributed by atoms with Gasteiger partial charge in [0.1, 0.15) is 11.6 Å². The highest BCUT2D eigenvalue weighted by Crippen LogP contribution is 2.30. The molecule has 0 saturated heterocycles. The third-order valence-electron chi connectivity index (χ3n) is 2.33. The average Bonchev–Trinajstić information content (AvgIpc) is 2.32. The van der Waals surface area contributed by atoms with Crippen LogP contribution in [0.15, 0.2) is 36.4 Å². The second kappa shape index (κ2) is 4.80. The van der Waals surface area contributed by atoms with Gasteiger partial charge in [0, 0.05) is 14.7 Å². The zero-order valence-corrected chi connectivity index (χ0v) is 10.7. The summed E-state index contributed by atoms with van der Waals surface area (Å²) in [6, 6.07) is 10.4. The van der Waals surface area contributed by atoms with Crippen LogP contribution in [0.25, 0.3) is 11.1 Å². The second-order valence-corrected chi connectivity index (χ2v) is 4.64. The molecule has 2 rings (SSSR count). The zero-order valence-electron chi connectivity index (χ0n) is 8.55. The molecule has 0 fully saturated rings. The predicted octanol–water partition coefficient (Wildman–Crippen LogP) is 4.11.